The molecule has 1 fully saturated rings. The number of anilines is 4. The highest BCUT2D eigenvalue weighted by atomic mass is 16.5. The van der Waals surface area contributed by atoms with E-state index in [1.165, 1.54) is 14.0 Å². The maximum absolute atomic E-state index is 13.6. The number of carbonyl (C=O) groups is 4. The fourth-order valence-corrected chi connectivity index (χ4v) is 5.98. The average molecular weight is 673 g/mol. The number of aliphatic carboxylic acids is 1. The standard InChI is InChI=1S/C37H48N6O6/c1-27-11-8-9-14-32(27)39-36(47)38-30-15-16-33(34(25-30)49-4)43(28(2)44)26-29-17-22-42(23-18-29)37(48)41(24-19-35(45)46)21-10-20-40(3)31-12-6-5-7-13-31/h5-9,11-16,25,29H,10,17-24,26H2,1-4H3,(H,45,46)(H2,38,39,47). The highest BCUT2D eigenvalue weighted by Gasteiger charge is 2.29. The molecule has 12 heteroatoms. The zero-order valence-electron chi connectivity index (χ0n) is 28.9. The molecule has 0 bridgehead atoms. The van der Waals surface area contributed by atoms with Crippen LogP contribution < -0.4 is 25.2 Å². The predicted octanol–water partition coefficient (Wildman–Crippen LogP) is 6.14. The number of benzene rings is 3. The van der Waals surface area contributed by atoms with Crippen LogP contribution in [0, 0.1) is 12.8 Å². The number of aryl methyl sites for hydroxylation is 1. The number of urea groups is 2. The summed E-state index contributed by atoms with van der Waals surface area (Å²) in [7, 11) is 3.52. The third-order valence-corrected chi connectivity index (χ3v) is 8.81. The molecule has 1 heterocycles. The lowest BCUT2D eigenvalue weighted by molar-refractivity contribution is -0.137. The molecule has 3 aromatic rings. The van der Waals surface area contributed by atoms with Gasteiger partial charge < -0.3 is 40.1 Å². The Morgan fingerprint density at radius 1 is 0.918 bits per heavy atom. The van der Waals surface area contributed by atoms with Gasteiger partial charge in [-0.25, -0.2) is 9.59 Å². The molecule has 0 spiro atoms. The van der Waals surface area contributed by atoms with Crippen LogP contribution >= 0.6 is 0 Å². The maximum atomic E-state index is 13.6. The Morgan fingerprint density at radius 2 is 1.61 bits per heavy atom. The zero-order chi connectivity index (χ0) is 35.3. The second-order valence-corrected chi connectivity index (χ2v) is 12.4. The van der Waals surface area contributed by atoms with Crippen LogP contribution in [0.3, 0.4) is 0 Å². The van der Waals surface area contributed by atoms with Crippen LogP contribution in [-0.2, 0) is 9.59 Å². The molecule has 262 valence electrons. The molecule has 3 aromatic carbocycles. The van der Waals surface area contributed by atoms with Crippen LogP contribution in [0.1, 0.15) is 38.2 Å². The number of likely N-dealkylation sites (tertiary alicyclic amines) is 1. The van der Waals surface area contributed by atoms with Gasteiger partial charge >= 0.3 is 18.0 Å². The molecule has 0 radical (unpaired) electrons. The van der Waals surface area contributed by atoms with E-state index in [4.69, 9.17) is 4.74 Å². The fourth-order valence-electron chi connectivity index (χ4n) is 5.98. The lowest BCUT2D eigenvalue weighted by Gasteiger charge is -2.37. The minimum Gasteiger partial charge on any atom is -0.494 e. The number of methoxy groups -OCH3 is 1. The van der Waals surface area contributed by atoms with Crippen LogP contribution in [0.15, 0.2) is 72.8 Å². The summed E-state index contributed by atoms with van der Waals surface area (Å²) in [5.74, 6) is -0.493. The van der Waals surface area contributed by atoms with Crippen molar-refractivity contribution in [2.75, 3.05) is 73.9 Å². The van der Waals surface area contributed by atoms with Crippen molar-refractivity contribution >= 4 is 46.7 Å². The first-order chi connectivity index (χ1) is 23.5. The number of hydrogen-bond donors (Lipinski definition) is 3. The number of nitrogens with zero attached hydrogens (tertiary/aromatic N) is 4. The van der Waals surface area contributed by atoms with Gasteiger partial charge in [0.05, 0.1) is 19.2 Å². The first-order valence-electron chi connectivity index (χ1n) is 16.7. The molecular weight excluding hydrogens is 624 g/mol. The van der Waals surface area contributed by atoms with Crippen molar-refractivity contribution in [3.05, 3.63) is 78.4 Å². The fraction of sp³-hybridized carbons (Fsp3) is 0.405. The summed E-state index contributed by atoms with van der Waals surface area (Å²) < 4.78 is 5.64. The van der Waals surface area contributed by atoms with Gasteiger partial charge in [-0.05, 0) is 68.0 Å². The van der Waals surface area contributed by atoms with Crippen molar-refractivity contribution in [1.29, 1.82) is 0 Å². The van der Waals surface area contributed by atoms with Gasteiger partial charge in [0.25, 0.3) is 0 Å². The normalized spacial score (nSPS) is 12.9. The second kappa shape index (κ2) is 17.8. The van der Waals surface area contributed by atoms with Crippen molar-refractivity contribution in [1.82, 2.24) is 9.80 Å². The summed E-state index contributed by atoms with van der Waals surface area (Å²) in [5, 5.41) is 15.0. The van der Waals surface area contributed by atoms with Crippen molar-refractivity contribution in [2.45, 2.75) is 39.5 Å². The van der Waals surface area contributed by atoms with E-state index in [0.29, 0.717) is 68.3 Å². The Hall–Kier alpha value is -5.26. The lowest BCUT2D eigenvalue weighted by atomic mass is 9.96. The molecule has 0 saturated carbocycles. The molecule has 3 N–H and O–H groups in total. The summed E-state index contributed by atoms with van der Waals surface area (Å²) in [6.45, 7) is 6.23. The summed E-state index contributed by atoms with van der Waals surface area (Å²) >= 11 is 0. The molecule has 4 rings (SSSR count). The van der Waals surface area contributed by atoms with Gasteiger partial charge in [0.2, 0.25) is 5.91 Å². The van der Waals surface area contributed by atoms with Crippen LogP contribution in [0.25, 0.3) is 0 Å². The van der Waals surface area contributed by atoms with E-state index >= 15 is 0 Å². The Labute approximate surface area is 288 Å². The quantitative estimate of drug-likeness (QED) is 0.187. The topological polar surface area (TPSA) is 135 Å². The highest BCUT2D eigenvalue weighted by Crippen LogP contribution is 2.33. The van der Waals surface area contributed by atoms with Crippen LogP contribution in [0.4, 0.5) is 32.3 Å². The molecule has 5 amide bonds. The monoisotopic (exact) mass is 672 g/mol. The van der Waals surface area contributed by atoms with Gasteiger partial charge in [0.1, 0.15) is 5.75 Å². The number of hydrogen-bond acceptors (Lipinski definition) is 6. The molecular formula is C37H48N6O6. The average Bonchev–Trinajstić information content (AvgIpc) is 3.09. The number of carboxylic acids is 1. The first kappa shape index (κ1) is 36.6. The minimum absolute atomic E-state index is 0.113. The Kier molecular flexibility index (Phi) is 13.3. The highest BCUT2D eigenvalue weighted by molar-refractivity contribution is 6.01. The largest absolute Gasteiger partial charge is 0.494 e. The summed E-state index contributed by atoms with van der Waals surface area (Å²) in [4.78, 5) is 57.7. The number of carboxylic acid groups (broad SMARTS) is 1. The third-order valence-electron chi connectivity index (χ3n) is 8.81. The molecule has 12 nitrogen and oxygen atoms in total. The van der Waals surface area contributed by atoms with E-state index in [2.05, 4.69) is 15.5 Å². The van der Waals surface area contributed by atoms with Crippen molar-refractivity contribution < 1.29 is 29.0 Å². The maximum Gasteiger partial charge on any atom is 0.323 e. The second-order valence-electron chi connectivity index (χ2n) is 12.4. The summed E-state index contributed by atoms with van der Waals surface area (Å²) in [5.41, 5.74) is 3.84. The van der Waals surface area contributed by atoms with E-state index in [1.807, 2.05) is 68.6 Å². The lowest BCUT2D eigenvalue weighted by Crippen LogP contribution is -2.49. The molecule has 0 aromatic heterocycles. The third kappa shape index (κ3) is 10.6. The first-order valence-corrected chi connectivity index (χ1v) is 16.7. The number of piperidine rings is 1. The summed E-state index contributed by atoms with van der Waals surface area (Å²) in [6, 6.07) is 22.1. The van der Waals surface area contributed by atoms with E-state index in [9.17, 15) is 24.3 Å². The van der Waals surface area contributed by atoms with E-state index in [-0.39, 0.29) is 30.8 Å². The number of carbonyl (C=O) groups excluding carboxylic acids is 3. The van der Waals surface area contributed by atoms with Gasteiger partial charge in [-0.1, -0.05) is 36.4 Å². The Balaban J connectivity index is 1.33. The molecule has 0 aliphatic carbocycles. The van der Waals surface area contributed by atoms with Crippen molar-refractivity contribution in [3.63, 3.8) is 0 Å². The van der Waals surface area contributed by atoms with E-state index in [1.54, 1.807) is 32.9 Å². The van der Waals surface area contributed by atoms with Gasteiger partial charge in [-0.15, -0.1) is 0 Å². The zero-order valence-corrected chi connectivity index (χ0v) is 28.9. The Bertz CT molecular complexity index is 1580. The van der Waals surface area contributed by atoms with Crippen LogP contribution in [-0.4, -0.2) is 92.3 Å². The van der Waals surface area contributed by atoms with Crippen LogP contribution in [0.2, 0.25) is 0 Å². The SMILES string of the molecule is COc1cc(NC(=O)Nc2ccccc2C)ccc1N(CC1CCN(C(=O)N(CCCN(C)c2ccccc2)CCC(=O)O)CC1)C(C)=O. The van der Waals surface area contributed by atoms with Gasteiger partial charge in [-0.2, -0.15) is 0 Å². The van der Waals surface area contributed by atoms with E-state index in [0.717, 1.165) is 17.8 Å². The Morgan fingerprint density at radius 3 is 2.27 bits per heavy atom. The van der Waals surface area contributed by atoms with Crippen LogP contribution in [0.5, 0.6) is 5.75 Å². The van der Waals surface area contributed by atoms with Gasteiger partial charge in [-0.3, -0.25) is 9.59 Å². The number of para-hydroxylation sites is 2. The molecule has 1 saturated heterocycles. The molecule has 1 aliphatic rings. The number of ether oxygens (including phenoxy) is 1. The minimum atomic E-state index is -0.938. The molecule has 0 atom stereocenters. The molecule has 0 unspecified atom stereocenters. The number of rotatable bonds is 14. The predicted molar refractivity (Wildman–Crippen MR) is 193 cm³/mol. The molecule has 1 aliphatic heterocycles. The van der Waals surface area contributed by atoms with Gasteiger partial charge in [0.15, 0.2) is 0 Å². The molecule has 49 heavy (non-hydrogen) atoms. The number of amides is 5. The smallest absolute Gasteiger partial charge is 0.323 e. The van der Waals surface area contributed by atoms with Crippen molar-refractivity contribution in [3.8, 4) is 5.75 Å². The van der Waals surface area contributed by atoms with E-state index < -0.39 is 12.0 Å². The van der Waals surface area contributed by atoms with Gasteiger partial charge in [0, 0.05) is 76.4 Å². The van der Waals surface area contributed by atoms with Crippen molar-refractivity contribution in [2.24, 2.45) is 5.92 Å². The number of nitrogens with one attached hydrogen (secondary N) is 2. The summed E-state index contributed by atoms with van der Waals surface area (Å²) in [6.07, 6.45) is 1.98.